The lowest BCUT2D eigenvalue weighted by Crippen LogP contribution is -2.15. The van der Waals surface area contributed by atoms with Crippen LogP contribution in [0, 0.1) is 13.8 Å². The number of rotatable bonds is 3. The number of aryl methyl sites for hydroxylation is 2. The molecule has 118 valence electrons. The molecule has 1 N–H and O–H groups in total. The smallest absolute Gasteiger partial charge is 0.185 e. The molecule has 0 saturated carbocycles. The van der Waals surface area contributed by atoms with Crippen LogP contribution in [-0.2, 0) is 0 Å². The molecule has 1 heterocycles. The predicted molar refractivity (Wildman–Crippen MR) is 88.4 cm³/mol. The highest BCUT2D eigenvalue weighted by atomic mass is 16.6. The molecular weight excluding hydrogens is 292 g/mol. The van der Waals surface area contributed by atoms with Gasteiger partial charge in [-0.05, 0) is 66.9 Å². The fourth-order valence-electron chi connectivity index (χ4n) is 2.55. The number of hydrogen-bond acceptors (Lipinski definition) is 4. The Morgan fingerprint density at radius 2 is 1.70 bits per heavy atom. The summed E-state index contributed by atoms with van der Waals surface area (Å²) in [5.41, 5.74) is 3.01. The average Bonchev–Trinajstić information content (AvgIpc) is 2.57. The lowest BCUT2D eigenvalue weighted by atomic mass is 10.0. The molecule has 0 spiro atoms. The van der Waals surface area contributed by atoms with Crippen molar-refractivity contribution in [3.8, 4) is 17.2 Å². The molecule has 0 aromatic heterocycles. The Hall–Kier alpha value is -2.75. The number of allylic oxidation sites excluding steroid dienone is 1. The summed E-state index contributed by atoms with van der Waals surface area (Å²) in [5, 5.41) is 9.78. The topological polar surface area (TPSA) is 55.8 Å². The second kappa shape index (κ2) is 6.16. The minimum Gasteiger partial charge on any atom is -0.507 e. The zero-order chi connectivity index (χ0) is 16.4. The number of fused-ring (bicyclic) bond motifs is 1. The van der Waals surface area contributed by atoms with Gasteiger partial charge >= 0.3 is 0 Å². The molecule has 0 saturated heterocycles. The number of carbonyl (C=O) groups excluding carboxylic acids is 1. The van der Waals surface area contributed by atoms with Gasteiger partial charge in [0.15, 0.2) is 17.3 Å². The number of ketones is 1. The number of carbonyl (C=O) groups is 1. The molecule has 3 rings (SSSR count). The molecule has 0 unspecified atom stereocenters. The van der Waals surface area contributed by atoms with E-state index < -0.39 is 0 Å². The third kappa shape index (κ3) is 3.21. The van der Waals surface area contributed by atoms with Gasteiger partial charge in [0, 0.05) is 5.56 Å². The minimum absolute atomic E-state index is 0.106. The summed E-state index contributed by atoms with van der Waals surface area (Å²) in [6.07, 6.45) is 3.27. The van der Waals surface area contributed by atoms with Crippen LogP contribution < -0.4 is 9.47 Å². The molecule has 1 aliphatic heterocycles. The highest BCUT2D eigenvalue weighted by Crippen LogP contribution is 2.31. The summed E-state index contributed by atoms with van der Waals surface area (Å²) in [6.45, 7) is 4.69. The first-order chi connectivity index (χ1) is 11.0. The summed E-state index contributed by atoms with van der Waals surface area (Å²) < 4.78 is 10.9. The molecule has 0 radical (unpaired) electrons. The number of phenols is 1. The van der Waals surface area contributed by atoms with Crippen molar-refractivity contribution in [3.63, 3.8) is 0 Å². The molecule has 4 heteroatoms. The lowest BCUT2D eigenvalue weighted by molar-refractivity contribution is 0.104. The molecule has 2 aromatic carbocycles. The SMILES string of the molecule is Cc1cc(/C=C/C(=O)c2ccc3c(c2)OCCO3)cc(C)c1O. The van der Waals surface area contributed by atoms with Crippen LogP contribution in [0.1, 0.15) is 27.0 Å². The predicted octanol–water partition coefficient (Wildman–Crippen LogP) is 3.68. The number of aromatic hydroxyl groups is 1. The van der Waals surface area contributed by atoms with Gasteiger partial charge in [-0.1, -0.05) is 6.08 Å². The fraction of sp³-hybridized carbons (Fsp3) is 0.211. The van der Waals surface area contributed by atoms with Gasteiger partial charge in [0.1, 0.15) is 19.0 Å². The lowest BCUT2D eigenvalue weighted by Gasteiger charge is -2.18. The second-order valence-corrected chi connectivity index (χ2v) is 5.56. The summed E-state index contributed by atoms with van der Waals surface area (Å²) >= 11 is 0. The van der Waals surface area contributed by atoms with E-state index in [0.717, 1.165) is 16.7 Å². The maximum absolute atomic E-state index is 12.3. The summed E-state index contributed by atoms with van der Waals surface area (Å²) in [4.78, 5) is 12.3. The monoisotopic (exact) mass is 310 g/mol. The molecule has 23 heavy (non-hydrogen) atoms. The molecule has 0 bridgehead atoms. The van der Waals surface area contributed by atoms with Crippen molar-refractivity contribution in [2.24, 2.45) is 0 Å². The van der Waals surface area contributed by atoms with Gasteiger partial charge in [-0.2, -0.15) is 0 Å². The molecule has 0 amide bonds. The van der Waals surface area contributed by atoms with Crippen LogP contribution in [0.5, 0.6) is 17.2 Å². The molecule has 4 nitrogen and oxygen atoms in total. The van der Waals surface area contributed by atoms with Crippen molar-refractivity contribution in [1.82, 2.24) is 0 Å². The van der Waals surface area contributed by atoms with Crippen molar-refractivity contribution >= 4 is 11.9 Å². The maximum Gasteiger partial charge on any atom is 0.185 e. The van der Waals surface area contributed by atoms with Gasteiger partial charge in [-0.3, -0.25) is 4.79 Å². The van der Waals surface area contributed by atoms with Crippen molar-refractivity contribution in [3.05, 3.63) is 58.7 Å². The Morgan fingerprint density at radius 3 is 2.39 bits per heavy atom. The number of ether oxygens (including phenoxy) is 2. The van der Waals surface area contributed by atoms with Gasteiger partial charge in [-0.25, -0.2) is 0 Å². The molecule has 0 atom stereocenters. The van der Waals surface area contributed by atoms with E-state index in [0.29, 0.717) is 36.0 Å². The second-order valence-electron chi connectivity index (χ2n) is 5.56. The number of phenolic OH excluding ortho intramolecular Hbond substituents is 1. The number of hydrogen-bond donors (Lipinski definition) is 1. The van der Waals surface area contributed by atoms with Crippen molar-refractivity contribution in [2.45, 2.75) is 13.8 Å². The van der Waals surface area contributed by atoms with E-state index in [1.165, 1.54) is 6.08 Å². The maximum atomic E-state index is 12.3. The molecular formula is C19H18O4. The normalized spacial score (nSPS) is 13.3. The van der Waals surface area contributed by atoms with E-state index in [9.17, 15) is 9.90 Å². The first kappa shape index (κ1) is 15.2. The summed E-state index contributed by atoms with van der Waals surface area (Å²) in [5.74, 6) is 1.46. The van der Waals surface area contributed by atoms with Crippen molar-refractivity contribution in [2.75, 3.05) is 13.2 Å². The van der Waals surface area contributed by atoms with Crippen LogP contribution in [0.2, 0.25) is 0 Å². The summed E-state index contributed by atoms with van der Waals surface area (Å²) in [7, 11) is 0. The fourth-order valence-corrected chi connectivity index (χ4v) is 2.55. The van der Waals surface area contributed by atoms with Crippen LogP contribution in [0.15, 0.2) is 36.4 Å². The summed E-state index contributed by atoms with van der Waals surface area (Å²) in [6, 6.07) is 8.87. The largest absolute Gasteiger partial charge is 0.507 e. The molecule has 0 aliphatic carbocycles. The Morgan fingerprint density at radius 1 is 1.04 bits per heavy atom. The van der Waals surface area contributed by atoms with Crippen molar-refractivity contribution < 1.29 is 19.4 Å². The third-order valence-corrected chi connectivity index (χ3v) is 3.77. The zero-order valence-electron chi connectivity index (χ0n) is 13.1. The molecule has 1 aliphatic rings. The van der Waals surface area contributed by atoms with Crippen LogP contribution in [-0.4, -0.2) is 24.1 Å². The zero-order valence-corrected chi connectivity index (χ0v) is 13.1. The van der Waals surface area contributed by atoms with Crippen LogP contribution >= 0.6 is 0 Å². The van der Waals surface area contributed by atoms with Gasteiger partial charge in [0.25, 0.3) is 0 Å². The standard InChI is InChI=1S/C19H18O4/c1-12-9-14(10-13(2)19(12)21)3-5-16(20)15-4-6-17-18(11-15)23-8-7-22-17/h3-6,9-11,21H,7-8H2,1-2H3/b5-3+. The van der Waals surface area contributed by atoms with Gasteiger partial charge in [-0.15, -0.1) is 0 Å². The minimum atomic E-state index is -0.106. The highest BCUT2D eigenvalue weighted by molar-refractivity contribution is 6.07. The van der Waals surface area contributed by atoms with Crippen molar-refractivity contribution in [1.29, 1.82) is 0 Å². The Bertz CT molecular complexity index is 767. The molecule has 0 fully saturated rings. The van der Waals surface area contributed by atoms with E-state index in [1.807, 2.05) is 26.0 Å². The Labute approximate surface area is 135 Å². The Balaban J connectivity index is 1.81. The highest BCUT2D eigenvalue weighted by Gasteiger charge is 2.13. The Kier molecular flexibility index (Phi) is 4.06. The van der Waals surface area contributed by atoms with Gasteiger partial charge in [0.2, 0.25) is 0 Å². The first-order valence-electron chi connectivity index (χ1n) is 7.47. The van der Waals surface area contributed by atoms with E-state index in [1.54, 1.807) is 24.3 Å². The molecule has 2 aromatic rings. The van der Waals surface area contributed by atoms with Crippen LogP contribution in [0.3, 0.4) is 0 Å². The van der Waals surface area contributed by atoms with E-state index in [2.05, 4.69) is 0 Å². The van der Waals surface area contributed by atoms with E-state index in [4.69, 9.17) is 9.47 Å². The van der Waals surface area contributed by atoms with Crippen LogP contribution in [0.25, 0.3) is 6.08 Å². The van der Waals surface area contributed by atoms with Gasteiger partial charge in [0.05, 0.1) is 0 Å². The van der Waals surface area contributed by atoms with Crippen LogP contribution in [0.4, 0.5) is 0 Å². The first-order valence-corrected chi connectivity index (χ1v) is 7.47. The van der Waals surface area contributed by atoms with E-state index in [-0.39, 0.29) is 5.78 Å². The number of benzene rings is 2. The quantitative estimate of drug-likeness (QED) is 0.694. The average molecular weight is 310 g/mol. The van der Waals surface area contributed by atoms with Gasteiger partial charge < -0.3 is 14.6 Å². The third-order valence-electron chi connectivity index (χ3n) is 3.77. The van der Waals surface area contributed by atoms with E-state index >= 15 is 0 Å².